The van der Waals surface area contributed by atoms with E-state index in [4.69, 9.17) is 4.55 Å². The van der Waals surface area contributed by atoms with E-state index in [1.54, 1.807) is 0 Å². The topological polar surface area (TPSA) is 94.4 Å². The standard InChI is InChI=1S/C4H5NO5S/c6-3-1-2-4(7)5(3)11(8,9)10/h1-2H2,(H,8,9,10)/q+1. The summed E-state index contributed by atoms with van der Waals surface area (Å²) in [5.41, 5.74) is 0. The molecular weight excluding hydrogens is 174 g/mol. The molecule has 0 aliphatic carbocycles. The van der Waals surface area contributed by atoms with Gasteiger partial charge in [0.25, 0.3) is 0 Å². The van der Waals surface area contributed by atoms with Gasteiger partial charge >= 0.3 is 22.1 Å². The SMILES string of the molecule is O=C1CCC(=O)[N+]1S(=O)(=O)O. The van der Waals surface area contributed by atoms with Crippen molar-refractivity contribution >= 4 is 22.1 Å². The smallest absolute Gasteiger partial charge is 0.237 e. The average molecular weight is 179 g/mol. The van der Waals surface area contributed by atoms with E-state index in [1.165, 1.54) is 0 Å². The number of hydrogen-bond donors (Lipinski definition) is 1. The van der Waals surface area contributed by atoms with Crippen molar-refractivity contribution in [2.24, 2.45) is 0 Å². The minimum absolute atomic E-state index is 0.118. The molecule has 0 spiro atoms. The van der Waals surface area contributed by atoms with Crippen LogP contribution < -0.4 is 4.31 Å². The first-order valence-electron chi connectivity index (χ1n) is 2.76. The Kier molecular flexibility index (Phi) is 1.78. The molecule has 61 valence electrons. The Labute approximate surface area is 62.7 Å². The molecule has 1 N–H and O–H groups in total. The van der Waals surface area contributed by atoms with Gasteiger partial charge in [0.05, 0.1) is 12.8 Å². The molecule has 0 bridgehead atoms. The van der Waals surface area contributed by atoms with Gasteiger partial charge in [-0.05, 0) is 0 Å². The minimum atomic E-state index is -4.67. The first kappa shape index (κ1) is 8.31. The van der Waals surface area contributed by atoms with E-state index in [2.05, 4.69) is 0 Å². The Bertz CT molecular complexity index is 288. The van der Waals surface area contributed by atoms with Gasteiger partial charge in [0.2, 0.25) is 0 Å². The van der Waals surface area contributed by atoms with E-state index in [0.29, 0.717) is 0 Å². The lowest BCUT2D eigenvalue weighted by molar-refractivity contribution is -0.127. The summed E-state index contributed by atoms with van der Waals surface area (Å²) in [6.45, 7) is 0. The number of carbonyl (C=O) groups excluding carboxylic acids is 2. The summed E-state index contributed by atoms with van der Waals surface area (Å²) in [6.07, 6.45) is -0.308. The first-order valence-corrected chi connectivity index (χ1v) is 4.16. The number of amides is 2. The Morgan fingerprint density at radius 2 is 1.55 bits per heavy atom. The maximum Gasteiger partial charge on any atom is 0.496 e. The quantitative estimate of drug-likeness (QED) is 0.309. The summed E-state index contributed by atoms with van der Waals surface area (Å²) in [7, 11) is -4.67. The van der Waals surface area contributed by atoms with Gasteiger partial charge < -0.3 is 0 Å². The van der Waals surface area contributed by atoms with E-state index in [0.717, 1.165) is 0 Å². The van der Waals surface area contributed by atoms with Crippen molar-refractivity contribution in [1.82, 2.24) is 4.31 Å². The molecule has 0 aromatic heterocycles. The predicted octanol–water partition coefficient (Wildman–Crippen LogP) is -1.22. The molecule has 6 nitrogen and oxygen atoms in total. The van der Waals surface area contributed by atoms with Crippen LogP contribution in [-0.4, -0.2) is 24.8 Å². The van der Waals surface area contributed by atoms with Crippen molar-refractivity contribution in [2.45, 2.75) is 12.8 Å². The molecule has 1 heterocycles. The molecule has 1 saturated heterocycles. The maximum absolute atomic E-state index is 10.6. The van der Waals surface area contributed by atoms with Crippen LogP contribution in [0.15, 0.2) is 0 Å². The highest BCUT2D eigenvalue weighted by molar-refractivity contribution is 7.85. The molecule has 1 rings (SSSR count). The summed E-state index contributed by atoms with van der Waals surface area (Å²) in [5, 5.41) is 0. The van der Waals surface area contributed by atoms with Crippen LogP contribution in [0.25, 0.3) is 0 Å². The molecule has 0 unspecified atom stereocenters. The average Bonchev–Trinajstić information content (AvgIpc) is 2.08. The monoisotopic (exact) mass is 179 g/mol. The Hall–Kier alpha value is -0.790. The van der Waals surface area contributed by atoms with Crippen LogP contribution in [0.3, 0.4) is 0 Å². The second-order valence-electron chi connectivity index (χ2n) is 2.03. The molecule has 11 heavy (non-hydrogen) atoms. The largest absolute Gasteiger partial charge is 0.496 e. The second kappa shape index (κ2) is 2.36. The third-order valence-electron chi connectivity index (χ3n) is 1.24. The molecule has 0 aromatic rings. The molecule has 0 saturated carbocycles. The molecule has 0 atom stereocenters. The van der Waals surface area contributed by atoms with Crippen molar-refractivity contribution in [3.63, 3.8) is 0 Å². The zero-order chi connectivity index (χ0) is 8.65. The van der Waals surface area contributed by atoms with Crippen LogP contribution in [0.1, 0.15) is 12.8 Å². The van der Waals surface area contributed by atoms with Crippen molar-refractivity contribution in [3.05, 3.63) is 0 Å². The van der Waals surface area contributed by atoms with E-state index >= 15 is 0 Å². The highest BCUT2D eigenvalue weighted by atomic mass is 32.2. The zero-order valence-corrected chi connectivity index (χ0v) is 6.17. The Balaban J connectivity index is 3.05. The van der Waals surface area contributed by atoms with Crippen molar-refractivity contribution in [1.29, 1.82) is 0 Å². The fourth-order valence-electron chi connectivity index (χ4n) is 0.813. The molecule has 1 aliphatic heterocycles. The first-order chi connectivity index (χ1) is 4.93. The van der Waals surface area contributed by atoms with Crippen LogP contribution in [0.2, 0.25) is 0 Å². The van der Waals surface area contributed by atoms with Gasteiger partial charge in [-0.1, -0.05) is 0 Å². The zero-order valence-electron chi connectivity index (χ0n) is 5.35. The van der Waals surface area contributed by atoms with E-state index in [-0.39, 0.29) is 17.1 Å². The number of nitrogens with zero attached hydrogens (tertiary/aromatic N) is 1. The Morgan fingerprint density at radius 3 is 1.73 bits per heavy atom. The van der Waals surface area contributed by atoms with Gasteiger partial charge in [-0.15, -0.1) is 8.42 Å². The molecule has 1 radical (unpaired) electrons. The lowest BCUT2D eigenvalue weighted by atomic mass is 10.4. The van der Waals surface area contributed by atoms with Gasteiger partial charge in [0, 0.05) is 0 Å². The fourth-order valence-corrected chi connectivity index (χ4v) is 1.51. The maximum atomic E-state index is 10.6. The molecule has 0 aromatic carbocycles. The van der Waals surface area contributed by atoms with Gasteiger partial charge in [0.1, 0.15) is 4.31 Å². The van der Waals surface area contributed by atoms with Crippen LogP contribution in [0.4, 0.5) is 0 Å². The second-order valence-corrected chi connectivity index (χ2v) is 3.29. The molecule has 1 aliphatic rings. The van der Waals surface area contributed by atoms with E-state index in [1.807, 2.05) is 0 Å². The lowest BCUT2D eigenvalue weighted by Gasteiger charge is -1.90. The fraction of sp³-hybridized carbons (Fsp3) is 0.500. The predicted molar refractivity (Wildman–Crippen MR) is 32.9 cm³/mol. The highest BCUT2D eigenvalue weighted by Crippen LogP contribution is 2.11. The van der Waals surface area contributed by atoms with Crippen LogP contribution >= 0.6 is 0 Å². The van der Waals surface area contributed by atoms with Gasteiger partial charge in [-0.2, -0.15) is 0 Å². The van der Waals surface area contributed by atoms with Gasteiger partial charge in [0.15, 0.2) is 0 Å². The van der Waals surface area contributed by atoms with Gasteiger partial charge in [-0.25, -0.2) is 14.1 Å². The van der Waals surface area contributed by atoms with Crippen LogP contribution in [0, 0.1) is 0 Å². The lowest BCUT2D eigenvalue weighted by Crippen LogP contribution is -2.40. The number of imide groups is 1. The van der Waals surface area contributed by atoms with Crippen LogP contribution in [0.5, 0.6) is 0 Å². The molecule has 2 amide bonds. The van der Waals surface area contributed by atoms with E-state index < -0.39 is 22.1 Å². The minimum Gasteiger partial charge on any atom is -0.237 e. The van der Waals surface area contributed by atoms with Gasteiger partial charge in [-0.3, -0.25) is 0 Å². The highest BCUT2D eigenvalue weighted by Gasteiger charge is 2.52. The molecular formula is C4H5NO5S+. The van der Waals surface area contributed by atoms with Crippen LogP contribution in [-0.2, 0) is 19.9 Å². The third-order valence-corrected chi connectivity index (χ3v) is 2.11. The number of rotatable bonds is 1. The third kappa shape index (κ3) is 1.44. The normalized spacial score (nSPS) is 21.2. The summed E-state index contributed by atoms with van der Waals surface area (Å²) < 4.78 is 28.8. The number of hydrogen-bond acceptors (Lipinski definition) is 4. The van der Waals surface area contributed by atoms with E-state index in [9.17, 15) is 18.0 Å². The summed E-state index contributed by atoms with van der Waals surface area (Å²) in [4.78, 5) is 21.2. The summed E-state index contributed by atoms with van der Waals surface area (Å²) in [5.74, 6) is -1.75. The summed E-state index contributed by atoms with van der Waals surface area (Å²) >= 11 is 0. The Morgan fingerprint density at radius 1 is 1.18 bits per heavy atom. The molecule has 7 heteroatoms. The van der Waals surface area contributed by atoms with Crippen molar-refractivity contribution in [3.8, 4) is 0 Å². The molecule has 1 fully saturated rings. The number of carbonyl (C=O) groups is 2. The van der Waals surface area contributed by atoms with Crippen molar-refractivity contribution in [2.75, 3.05) is 0 Å². The van der Waals surface area contributed by atoms with Crippen molar-refractivity contribution < 1.29 is 22.6 Å². The summed E-state index contributed by atoms with van der Waals surface area (Å²) in [6, 6.07) is 0.